The lowest BCUT2D eigenvalue weighted by atomic mass is 10.1. The minimum atomic E-state index is 0.0270. The molecule has 2 heterocycles. The second-order valence-corrected chi connectivity index (χ2v) is 10.4. The lowest BCUT2D eigenvalue weighted by Gasteiger charge is -2.25. The van der Waals surface area contributed by atoms with Gasteiger partial charge < -0.3 is 28.7 Å². The zero-order chi connectivity index (χ0) is 30.1. The number of rotatable bonds is 7. The molecule has 0 spiro atoms. The van der Waals surface area contributed by atoms with Crippen molar-refractivity contribution in [2.75, 3.05) is 59.8 Å². The van der Waals surface area contributed by atoms with Crippen LogP contribution in [0.3, 0.4) is 0 Å². The van der Waals surface area contributed by atoms with E-state index in [9.17, 15) is 9.59 Å². The first-order chi connectivity index (χ1) is 21.1. The van der Waals surface area contributed by atoms with Gasteiger partial charge >= 0.3 is 0 Å². The molecular formula is C34H43N3O6. The first kappa shape index (κ1) is 32.1. The maximum atomic E-state index is 13.4. The number of benzene rings is 2. The molecule has 0 N–H and O–H groups in total. The summed E-state index contributed by atoms with van der Waals surface area (Å²) >= 11 is 0. The van der Waals surface area contributed by atoms with Gasteiger partial charge in [0.15, 0.2) is 0 Å². The predicted molar refractivity (Wildman–Crippen MR) is 164 cm³/mol. The van der Waals surface area contributed by atoms with Gasteiger partial charge in [0.1, 0.15) is 5.75 Å². The number of carbonyl (C=O) groups excluding carboxylic acids is 2. The molecule has 2 amide bonds. The Labute approximate surface area is 254 Å². The fraction of sp³-hybridized carbons (Fsp3) is 0.441. The van der Waals surface area contributed by atoms with Crippen LogP contribution in [0.4, 0.5) is 0 Å². The van der Waals surface area contributed by atoms with E-state index < -0.39 is 0 Å². The summed E-state index contributed by atoms with van der Waals surface area (Å²) in [6, 6.07) is 23.7. The van der Waals surface area contributed by atoms with Gasteiger partial charge in [0.2, 0.25) is 11.8 Å². The summed E-state index contributed by atoms with van der Waals surface area (Å²) in [5.41, 5.74) is 3.63. The number of ether oxygens (including phenoxy) is 4. The molecule has 2 bridgehead atoms. The molecule has 0 aliphatic carbocycles. The lowest BCUT2D eigenvalue weighted by molar-refractivity contribution is -0.133. The molecule has 4 rings (SSSR count). The van der Waals surface area contributed by atoms with Gasteiger partial charge in [-0.3, -0.25) is 14.6 Å². The van der Waals surface area contributed by atoms with Crippen molar-refractivity contribution in [2.45, 2.75) is 38.8 Å². The Balaban J connectivity index is 1.51. The Hall–Kier alpha value is -3.79. The minimum absolute atomic E-state index is 0.0270. The van der Waals surface area contributed by atoms with E-state index in [-0.39, 0.29) is 11.8 Å². The van der Waals surface area contributed by atoms with Crippen molar-refractivity contribution in [3.8, 4) is 5.75 Å². The van der Waals surface area contributed by atoms with Crippen LogP contribution >= 0.6 is 0 Å². The number of amides is 2. The molecular weight excluding hydrogens is 546 g/mol. The second-order valence-electron chi connectivity index (χ2n) is 10.4. The van der Waals surface area contributed by atoms with Crippen molar-refractivity contribution < 1.29 is 28.5 Å². The lowest BCUT2D eigenvalue weighted by Crippen LogP contribution is -2.35. The quantitative estimate of drug-likeness (QED) is 0.410. The van der Waals surface area contributed by atoms with Gasteiger partial charge in [0, 0.05) is 38.1 Å². The Bertz CT molecular complexity index is 1170. The van der Waals surface area contributed by atoms with E-state index in [1.807, 2.05) is 72.8 Å². The summed E-state index contributed by atoms with van der Waals surface area (Å²) in [6.45, 7) is 3.98. The summed E-state index contributed by atoms with van der Waals surface area (Å²) in [5, 5.41) is 0. The SMILES string of the molecule is COc1cc2nc(c1)CN(C(=O)CCc1ccccc1)CCOCCOCCOCCN(C(=O)CCc1ccccc1)C2. The van der Waals surface area contributed by atoms with Crippen LogP contribution in [-0.2, 0) is 49.7 Å². The summed E-state index contributed by atoms with van der Waals surface area (Å²) < 4.78 is 22.8. The van der Waals surface area contributed by atoms with Crippen molar-refractivity contribution in [2.24, 2.45) is 0 Å². The van der Waals surface area contributed by atoms with Crippen molar-refractivity contribution in [1.82, 2.24) is 14.8 Å². The van der Waals surface area contributed by atoms with E-state index in [1.165, 1.54) is 0 Å². The van der Waals surface area contributed by atoms with Gasteiger partial charge in [0.25, 0.3) is 0 Å². The van der Waals surface area contributed by atoms with Crippen molar-refractivity contribution >= 4 is 11.8 Å². The summed E-state index contributed by atoms with van der Waals surface area (Å²) in [4.78, 5) is 35.2. The molecule has 1 aromatic heterocycles. The van der Waals surface area contributed by atoms with Crippen LogP contribution in [0.5, 0.6) is 5.75 Å². The Morgan fingerprint density at radius 1 is 0.674 bits per heavy atom. The average Bonchev–Trinajstić information content (AvgIpc) is 3.04. The highest BCUT2D eigenvalue weighted by Gasteiger charge is 2.19. The van der Waals surface area contributed by atoms with E-state index in [0.29, 0.717) is 109 Å². The molecule has 1 aliphatic rings. The Kier molecular flexibility index (Phi) is 13.5. The number of hydrogen-bond donors (Lipinski definition) is 0. The third-order valence-electron chi connectivity index (χ3n) is 7.25. The topological polar surface area (TPSA) is 90.4 Å². The van der Waals surface area contributed by atoms with Crippen LogP contribution in [0.1, 0.15) is 35.4 Å². The number of carbonyl (C=O) groups is 2. The van der Waals surface area contributed by atoms with Gasteiger partial charge in [-0.1, -0.05) is 60.7 Å². The zero-order valence-electron chi connectivity index (χ0n) is 25.1. The second kappa shape index (κ2) is 18.0. The number of hydrogen-bond acceptors (Lipinski definition) is 7. The Morgan fingerprint density at radius 2 is 1.09 bits per heavy atom. The molecule has 0 saturated heterocycles. The number of aryl methyl sites for hydroxylation is 2. The smallest absolute Gasteiger partial charge is 0.223 e. The van der Waals surface area contributed by atoms with E-state index in [4.69, 9.17) is 23.9 Å². The van der Waals surface area contributed by atoms with Crippen molar-refractivity contribution in [1.29, 1.82) is 0 Å². The average molecular weight is 590 g/mol. The molecule has 0 fully saturated rings. The first-order valence-electron chi connectivity index (χ1n) is 15.0. The van der Waals surface area contributed by atoms with Gasteiger partial charge in [0.05, 0.1) is 71.2 Å². The van der Waals surface area contributed by atoms with Crippen LogP contribution in [0, 0.1) is 0 Å². The number of pyridine rings is 1. The maximum Gasteiger partial charge on any atom is 0.223 e. The highest BCUT2D eigenvalue weighted by molar-refractivity contribution is 5.77. The molecule has 2 aromatic carbocycles. The molecule has 230 valence electrons. The van der Waals surface area contributed by atoms with Crippen molar-refractivity contribution in [3.05, 3.63) is 95.3 Å². The molecule has 43 heavy (non-hydrogen) atoms. The summed E-state index contributed by atoms with van der Waals surface area (Å²) in [5.74, 6) is 0.686. The van der Waals surface area contributed by atoms with Crippen LogP contribution in [0.15, 0.2) is 72.8 Å². The number of methoxy groups -OCH3 is 1. The van der Waals surface area contributed by atoms with Gasteiger partial charge in [-0.25, -0.2) is 0 Å². The fourth-order valence-electron chi connectivity index (χ4n) is 4.87. The predicted octanol–water partition coefficient (Wildman–Crippen LogP) is 4.08. The van der Waals surface area contributed by atoms with Crippen LogP contribution < -0.4 is 4.74 Å². The summed E-state index contributed by atoms with van der Waals surface area (Å²) in [6.07, 6.45) is 2.08. The van der Waals surface area contributed by atoms with Crippen molar-refractivity contribution in [3.63, 3.8) is 0 Å². The van der Waals surface area contributed by atoms with E-state index >= 15 is 0 Å². The molecule has 0 radical (unpaired) electrons. The first-order valence-corrected chi connectivity index (χ1v) is 15.0. The number of nitrogens with zero attached hydrogens (tertiary/aromatic N) is 3. The largest absolute Gasteiger partial charge is 0.497 e. The van der Waals surface area contributed by atoms with Gasteiger partial charge in [-0.05, 0) is 24.0 Å². The standard InChI is InChI=1S/C34H43N3O6/c1-40-32-24-30-26-36(33(38)14-12-28-8-4-2-5-9-28)16-18-41-20-22-43-23-21-42-19-17-37(27-31(25-32)35-30)34(39)15-13-29-10-6-3-7-11-29/h2-11,24-25H,12-23,26-27H2,1H3. The van der Waals surface area contributed by atoms with Crippen LogP contribution in [-0.4, -0.2) is 86.4 Å². The maximum absolute atomic E-state index is 13.4. The molecule has 0 saturated carbocycles. The van der Waals surface area contributed by atoms with E-state index in [0.717, 1.165) is 11.1 Å². The van der Waals surface area contributed by atoms with Crippen LogP contribution in [0.25, 0.3) is 0 Å². The molecule has 9 heteroatoms. The monoisotopic (exact) mass is 589 g/mol. The normalized spacial score (nSPS) is 15.7. The zero-order valence-corrected chi connectivity index (χ0v) is 25.1. The van der Waals surface area contributed by atoms with Crippen LogP contribution in [0.2, 0.25) is 0 Å². The number of fused-ring (bicyclic) bond motifs is 2. The Morgan fingerprint density at radius 3 is 1.51 bits per heavy atom. The third-order valence-corrected chi connectivity index (χ3v) is 7.25. The molecule has 3 aromatic rings. The van der Waals surface area contributed by atoms with E-state index in [1.54, 1.807) is 16.9 Å². The highest BCUT2D eigenvalue weighted by Crippen LogP contribution is 2.18. The third kappa shape index (κ3) is 11.4. The van der Waals surface area contributed by atoms with E-state index in [2.05, 4.69) is 0 Å². The fourth-order valence-corrected chi connectivity index (χ4v) is 4.87. The number of aromatic nitrogens is 1. The highest BCUT2D eigenvalue weighted by atomic mass is 16.5. The molecule has 9 nitrogen and oxygen atoms in total. The summed E-state index contributed by atoms with van der Waals surface area (Å²) in [7, 11) is 1.61. The minimum Gasteiger partial charge on any atom is -0.497 e. The van der Waals surface area contributed by atoms with Gasteiger partial charge in [-0.2, -0.15) is 0 Å². The molecule has 0 atom stereocenters. The molecule has 0 unspecified atom stereocenters. The molecule has 1 aliphatic heterocycles. The van der Waals surface area contributed by atoms with Gasteiger partial charge in [-0.15, -0.1) is 0 Å².